The van der Waals surface area contributed by atoms with Gasteiger partial charge in [-0.3, -0.25) is 4.79 Å². The molecule has 0 unspecified atom stereocenters. The van der Waals surface area contributed by atoms with Gasteiger partial charge in [0.05, 0.1) is 0 Å². The number of aryl methyl sites for hydroxylation is 1. The van der Waals surface area contributed by atoms with Gasteiger partial charge in [0, 0.05) is 12.1 Å². The molecule has 1 amide bonds. The molecule has 1 aromatic carbocycles. The van der Waals surface area contributed by atoms with E-state index in [0.29, 0.717) is 0 Å². The number of nitrogens with one attached hydrogen (secondary N) is 1. The fraction of sp³-hybridized carbons (Fsp3) is 0.300. The van der Waals surface area contributed by atoms with Crippen molar-refractivity contribution in [3.63, 3.8) is 0 Å². The van der Waals surface area contributed by atoms with E-state index in [1.165, 1.54) is 11.1 Å². The van der Waals surface area contributed by atoms with Crippen LogP contribution in [0.1, 0.15) is 21.5 Å². The van der Waals surface area contributed by atoms with Crippen molar-refractivity contribution in [1.29, 1.82) is 0 Å². The average molecular weight is 369 g/mol. The molecule has 18 heavy (non-hydrogen) atoms. The molecule has 2 nitrogen and oxygen atoms in total. The minimum atomic E-state index is -3.69. The maximum atomic E-state index is 11.3. The summed E-state index contributed by atoms with van der Waals surface area (Å²) in [4.78, 5) is 11.3. The zero-order valence-corrected chi connectivity index (χ0v) is 14.1. The first-order chi connectivity index (χ1) is 8.01. The van der Waals surface area contributed by atoms with E-state index in [-0.39, 0.29) is 5.91 Å². The number of hydrogen-bond donors (Lipinski definition) is 1. The van der Waals surface area contributed by atoms with Gasteiger partial charge < -0.3 is 5.32 Å². The Balaban J connectivity index is 0.000000232. The van der Waals surface area contributed by atoms with E-state index in [1.54, 1.807) is 0 Å². The van der Waals surface area contributed by atoms with Crippen LogP contribution in [0.3, 0.4) is 0 Å². The summed E-state index contributed by atoms with van der Waals surface area (Å²) in [5.41, 5.74) is 3.24. The predicted molar refractivity (Wildman–Crippen MR) is 83.4 cm³/mol. The van der Waals surface area contributed by atoms with Gasteiger partial charge in [0.25, 0.3) is 5.91 Å². The second kappa shape index (κ2) is 5.91. The van der Waals surface area contributed by atoms with Crippen LogP contribution >= 0.6 is 59.6 Å². The van der Waals surface area contributed by atoms with Crippen LogP contribution in [0.15, 0.2) is 18.2 Å². The molecule has 0 saturated heterocycles. The van der Waals surface area contributed by atoms with Gasteiger partial charge in [-0.2, -0.15) is 0 Å². The molecule has 0 atom stereocenters. The third-order valence-electron chi connectivity index (χ3n) is 2.19. The number of fused-ring (bicyclic) bond motifs is 1. The molecule has 2 rings (SSSR count). The summed E-state index contributed by atoms with van der Waals surface area (Å²) in [6.07, 6.45) is 0.961. The number of hydrogen-bond acceptors (Lipinski definition) is 1. The van der Waals surface area contributed by atoms with Gasteiger partial charge in [-0.15, -0.1) is 0 Å². The Morgan fingerprint density at radius 3 is 2.28 bits per heavy atom. The Hall–Kier alpha value is 0.570. The first kappa shape index (κ1) is 16.6. The number of halogens is 5. The Morgan fingerprint density at radius 2 is 1.72 bits per heavy atom. The number of carbonyl (C=O) groups is 1. The summed E-state index contributed by atoms with van der Waals surface area (Å²) in [5, 5.41) is 2.82. The molecule has 1 aliphatic rings. The van der Waals surface area contributed by atoms with Gasteiger partial charge in [0.1, 0.15) is 0 Å². The second-order valence-electron chi connectivity index (χ2n) is 3.81. The summed E-state index contributed by atoms with van der Waals surface area (Å²) in [6.45, 7) is 2.82. The van der Waals surface area contributed by atoms with Gasteiger partial charge in [0.15, 0.2) is 0 Å². The monoisotopic (exact) mass is 367 g/mol. The van der Waals surface area contributed by atoms with Crippen molar-refractivity contribution < 1.29 is 4.79 Å². The standard InChI is InChI=1S/C10H11NO.Cl5P/c1-7-2-3-9-8(6-7)4-5-11-10(9)12;1-6(2,3,4)5/h2-3,6H,4-5H2,1H3,(H,11,12);. The Kier molecular flexibility index (Phi) is 5.46. The third-order valence-corrected chi connectivity index (χ3v) is 2.19. The van der Waals surface area contributed by atoms with E-state index in [4.69, 9.17) is 56.2 Å². The molecule has 1 N–H and O–H groups in total. The van der Waals surface area contributed by atoms with Gasteiger partial charge in [-0.05, 0) is 25.0 Å². The minimum absolute atomic E-state index is 0.0660. The molecule has 0 bridgehead atoms. The van der Waals surface area contributed by atoms with E-state index in [2.05, 4.69) is 11.4 Å². The quantitative estimate of drug-likeness (QED) is 0.594. The van der Waals surface area contributed by atoms with E-state index >= 15 is 0 Å². The normalized spacial score (nSPS) is 16.6. The summed E-state index contributed by atoms with van der Waals surface area (Å²) >= 11 is 24.9. The fourth-order valence-corrected chi connectivity index (χ4v) is 1.56. The molecule has 0 spiro atoms. The van der Waals surface area contributed by atoms with Crippen molar-refractivity contribution in [2.45, 2.75) is 13.3 Å². The third kappa shape index (κ3) is 7.23. The van der Waals surface area contributed by atoms with E-state index in [9.17, 15) is 4.79 Å². The molecule has 1 aliphatic heterocycles. The zero-order chi connectivity index (χ0) is 14.0. The topological polar surface area (TPSA) is 29.1 Å². The second-order valence-corrected chi connectivity index (χ2v) is 20.4. The molecule has 0 fully saturated rings. The molecule has 0 radical (unpaired) electrons. The van der Waals surface area contributed by atoms with Gasteiger partial charge in [-0.1, -0.05) is 17.7 Å². The fourth-order valence-electron chi connectivity index (χ4n) is 1.56. The molecular formula is C10H11Cl5NOP. The van der Waals surface area contributed by atoms with Gasteiger partial charge >= 0.3 is 59.6 Å². The zero-order valence-electron chi connectivity index (χ0n) is 9.39. The molecule has 0 aromatic heterocycles. The molecule has 0 saturated carbocycles. The first-order valence-electron chi connectivity index (χ1n) is 4.99. The molecule has 0 aliphatic carbocycles. The van der Waals surface area contributed by atoms with E-state index in [0.717, 1.165) is 18.5 Å². The van der Waals surface area contributed by atoms with Crippen molar-refractivity contribution in [2.24, 2.45) is 0 Å². The first-order valence-corrected chi connectivity index (χ1v) is 11.8. The summed E-state index contributed by atoms with van der Waals surface area (Å²) in [6, 6.07) is 5.97. The van der Waals surface area contributed by atoms with Crippen molar-refractivity contribution in [3.8, 4) is 0 Å². The number of carbonyl (C=O) groups excluding carboxylic acids is 1. The number of amides is 1. The van der Waals surface area contributed by atoms with Crippen molar-refractivity contribution in [3.05, 3.63) is 34.9 Å². The Bertz CT molecular complexity index is 452. The van der Waals surface area contributed by atoms with Crippen LogP contribution in [0.4, 0.5) is 0 Å². The average Bonchev–Trinajstić information content (AvgIpc) is 2.13. The number of benzene rings is 1. The van der Waals surface area contributed by atoms with Crippen LogP contribution in [0, 0.1) is 6.92 Å². The molecule has 1 heterocycles. The Labute approximate surface area is 130 Å². The van der Waals surface area contributed by atoms with Crippen LogP contribution in [-0.4, -0.2) is 12.5 Å². The Morgan fingerprint density at radius 1 is 1.17 bits per heavy atom. The summed E-state index contributed by atoms with van der Waals surface area (Å²) in [7, 11) is 0. The summed E-state index contributed by atoms with van der Waals surface area (Å²) < 4.78 is -3.69. The molecule has 8 heteroatoms. The summed E-state index contributed by atoms with van der Waals surface area (Å²) in [5.74, 6) is 0.0660. The van der Waals surface area contributed by atoms with Gasteiger partial charge in [-0.25, -0.2) is 0 Å². The van der Waals surface area contributed by atoms with Crippen molar-refractivity contribution in [2.75, 3.05) is 6.54 Å². The molecule has 1 aromatic rings. The van der Waals surface area contributed by atoms with Crippen LogP contribution in [0.5, 0.6) is 0 Å². The maximum absolute atomic E-state index is 11.3. The van der Waals surface area contributed by atoms with E-state index in [1.807, 2.05) is 19.1 Å². The van der Waals surface area contributed by atoms with E-state index < -0.39 is 3.37 Å². The predicted octanol–water partition coefficient (Wildman–Crippen LogP) is 5.59. The van der Waals surface area contributed by atoms with Gasteiger partial charge in [0.2, 0.25) is 0 Å². The van der Waals surface area contributed by atoms with Crippen LogP contribution in [-0.2, 0) is 6.42 Å². The van der Waals surface area contributed by atoms with Crippen LogP contribution < -0.4 is 5.32 Å². The SMILES string of the molecule is Cc1ccc2c(c1)CCNC2=O.ClP(Cl)(Cl)(Cl)Cl. The van der Waals surface area contributed by atoms with Crippen molar-refractivity contribution in [1.82, 2.24) is 5.32 Å². The van der Waals surface area contributed by atoms with Crippen molar-refractivity contribution >= 4 is 65.5 Å². The number of rotatable bonds is 0. The van der Waals surface area contributed by atoms with Crippen LogP contribution in [0.2, 0.25) is 0 Å². The molecular weight excluding hydrogens is 358 g/mol. The molecule has 102 valence electrons. The van der Waals surface area contributed by atoms with Crippen LogP contribution in [0.25, 0.3) is 0 Å².